The highest BCUT2D eigenvalue weighted by molar-refractivity contribution is 5.94. The third kappa shape index (κ3) is 1.14. The van der Waals surface area contributed by atoms with Crippen LogP contribution in [0, 0.1) is 6.92 Å². The van der Waals surface area contributed by atoms with Crippen molar-refractivity contribution in [3.8, 4) is 11.3 Å². The first-order valence-corrected chi connectivity index (χ1v) is 6.02. The van der Waals surface area contributed by atoms with Crippen LogP contribution in [0.2, 0.25) is 0 Å². The molecule has 0 saturated heterocycles. The maximum Gasteiger partial charge on any atom is 0.0503 e. The number of aryl methyl sites for hydroxylation is 1. The van der Waals surface area contributed by atoms with E-state index < -0.39 is 0 Å². The van der Waals surface area contributed by atoms with Gasteiger partial charge in [-0.1, -0.05) is 35.9 Å². The molecule has 0 atom stereocenters. The van der Waals surface area contributed by atoms with E-state index in [4.69, 9.17) is 0 Å². The van der Waals surface area contributed by atoms with E-state index in [2.05, 4.69) is 54.4 Å². The highest BCUT2D eigenvalue weighted by Crippen LogP contribution is 2.40. The Hall–Kier alpha value is -2.02. The second kappa shape index (κ2) is 3.01. The van der Waals surface area contributed by atoms with E-state index in [-0.39, 0.29) is 0 Å². The van der Waals surface area contributed by atoms with Crippen LogP contribution < -0.4 is 0 Å². The Morgan fingerprint density at radius 3 is 2.88 bits per heavy atom. The van der Waals surface area contributed by atoms with Gasteiger partial charge in [-0.2, -0.15) is 0 Å². The normalized spacial score (nSPS) is 12.8. The minimum absolute atomic E-state index is 1.06. The summed E-state index contributed by atoms with van der Waals surface area (Å²) in [5.41, 5.74) is 8.19. The number of aromatic amines is 1. The smallest absolute Gasteiger partial charge is 0.0503 e. The van der Waals surface area contributed by atoms with Crippen LogP contribution in [-0.4, -0.2) is 4.98 Å². The van der Waals surface area contributed by atoms with Gasteiger partial charge in [-0.25, -0.2) is 0 Å². The molecule has 1 heterocycles. The van der Waals surface area contributed by atoms with E-state index in [1.165, 1.54) is 38.9 Å². The van der Waals surface area contributed by atoms with Crippen LogP contribution in [0.15, 0.2) is 42.5 Å². The summed E-state index contributed by atoms with van der Waals surface area (Å²) in [6, 6.07) is 15.3. The molecule has 0 amide bonds. The SMILES string of the molecule is Cc1ccc2[nH]c3c(c2c1)Cc1ccccc1-3. The Balaban J connectivity index is 2.09. The van der Waals surface area contributed by atoms with Gasteiger partial charge in [0.25, 0.3) is 0 Å². The van der Waals surface area contributed by atoms with Gasteiger partial charge in [-0.05, 0) is 30.2 Å². The zero-order valence-corrected chi connectivity index (χ0v) is 9.75. The van der Waals surface area contributed by atoms with Gasteiger partial charge < -0.3 is 4.98 Å². The number of hydrogen-bond acceptors (Lipinski definition) is 0. The summed E-state index contributed by atoms with van der Waals surface area (Å²) < 4.78 is 0. The topological polar surface area (TPSA) is 15.8 Å². The van der Waals surface area contributed by atoms with Crippen LogP contribution in [0.4, 0.5) is 0 Å². The molecule has 3 aromatic rings. The van der Waals surface area contributed by atoms with Crippen molar-refractivity contribution in [3.63, 3.8) is 0 Å². The predicted molar refractivity (Wildman–Crippen MR) is 71.3 cm³/mol. The van der Waals surface area contributed by atoms with Gasteiger partial charge in [0.15, 0.2) is 0 Å². The molecular weight excluding hydrogens is 206 g/mol. The Labute approximate surface area is 100 Å². The molecule has 1 aliphatic rings. The van der Waals surface area contributed by atoms with Crippen molar-refractivity contribution >= 4 is 10.9 Å². The Morgan fingerprint density at radius 1 is 1.06 bits per heavy atom. The molecule has 17 heavy (non-hydrogen) atoms. The Kier molecular flexibility index (Phi) is 1.60. The third-order valence-electron chi connectivity index (χ3n) is 3.72. The number of nitrogens with one attached hydrogen (secondary N) is 1. The summed E-state index contributed by atoms with van der Waals surface area (Å²) >= 11 is 0. The van der Waals surface area contributed by atoms with Gasteiger partial charge >= 0.3 is 0 Å². The summed E-state index contributed by atoms with van der Waals surface area (Å²) in [7, 11) is 0. The summed E-state index contributed by atoms with van der Waals surface area (Å²) in [6.45, 7) is 2.15. The maximum atomic E-state index is 3.56. The van der Waals surface area contributed by atoms with Gasteiger partial charge in [0, 0.05) is 22.9 Å². The van der Waals surface area contributed by atoms with E-state index in [9.17, 15) is 0 Å². The molecule has 0 radical (unpaired) electrons. The zero-order valence-electron chi connectivity index (χ0n) is 9.75. The second-order valence-corrected chi connectivity index (χ2v) is 4.86. The monoisotopic (exact) mass is 219 g/mol. The molecule has 82 valence electrons. The molecule has 0 unspecified atom stereocenters. The van der Waals surface area contributed by atoms with Crippen molar-refractivity contribution in [1.29, 1.82) is 0 Å². The Bertz CT molecular complexity index is 734. The van der Waals surface area contributed by atoms with Gasteiger partial charge in [0.05, 0.1) is 5.69 Å². The number of hydrogen-bond donors (Lipinski definition) is 1. The molecule has 2 aromatic carbocycles. The van der Waals surface area contributed by atoms with E-state index in [0.29, 0.717) is 0 Å². The van der Waals surface area contributed by atoms with E-state index in [0.717, 1.165) is 6.42 Å². The third-order valence-corrected chi connectivity index (χ3v) is 3.72. The lowest BCUT2D eigenvalue weighted by molar-refractivity contribution is 1.29. The maximum absolute atomic E-state index is 3.56. The van der Waals surface area contributed by atoms with Gasteiger partial charge in [-0.15, -0.1) is 0 Å². The molecule has 0 aliphatic heterocycles. The molecule has 0 fully saturated rings. The van der Waals surface area contributed by atoms with Crippen LogP contribution in [0.3, 0.4) is 0 Å². The zero-order chi connectivity index (χ0) is 11.4. The van der Waals surface area contributed by atoms with Gasteiger partial charge in [0.1, 0.15) is 0 Å². The predicted octanol–water partition coefficient (Wildman–Crippen LogP) is 4.05. The minimum Gasteiger partial charge on any atom is -0.354 e. The molecule has 1 heteroatoms. The van der Waals surface area contributed by atoms with Crippen LogP contribution in [0.5, 0.6) is 0 Å². The molecule has 0 spiro atoms. The minimum atomic E-state index is 1.06. The van der Waals surface area contributed by atoms with Crippen molar-refractivity contribution in [2.45, 2.75) is 13.3 Å². The number of H-pyrrole nitrogens is 1. The van der Waals surface area contributed by atoms with Crippen LogP contribution in [-0.2, 0) is 6.42 Å². The summed E-state index contributed by atoms with van der Waals surface area (Å²) in [6.07, 6.45) is 1.06. The van der Waals surface area contributed by atoms with Crippen molar-refractivity contribution in [2.75, 3.05) is 0 Å². The molecule has 1 aliphatic carbocycles. The molecule has 4 rings (SSSR count). The lowest BCUT2D eigenvalue weighted by Gasteiger charge is -1.99. The molecule has 1 aromatic heterocycles. The average Bonchev–Trinajstić information content (AvgIpc) is 2.85. The number of benzene rings is 2. The molecule has 1 nitrogen and oxygen atoms in total. The highest BCUT2D eigenvalue weighted by Gasteiger charge is 2.22. The molecule has 0 bridgehead atoms. The first-order valence-electron chi connectivity index (χ1n) is 6.02. The molecule has 0 saturated carbocycles. The largest absolute Gasteiger partial charge is 0.354 e. The number of fused-ring (bicyclic) bond motifs is 5. The number of rotatable bonds is 0. The van der Waals surface area contributed by atoms with Crippen LogP contribution in [0.1, 0.15) is 16.7 Å². The number of aromatic nitrogens is 1. The van der Waals surface area contributed by atoms with E-state index in [1.54, 1.807) is 0 Å². The molecule has 1 N–H and O–H groups in total. The fraction of sp³-hybridized carbons (Fsp3) is 0.125. The van der Waals surface area contributed by atoms with Crippen molar-refractivity contribution in [1.82, 2.24) is 4.98 Å². The quantitative estimate of drug-likeness (QED) is 0.459. The summed E-state index contributed by atoms with van der Waals surface area (Å²) in [4.78, 5) is 3.56. The highest BCUT2D eigenvalue weighted by atomic mass is 14.7. The van der Waals surface area contributed by atoms with Crippen LogP contribution >= 0.6 is 0 Å². The summed E-state index contributed by atoms with van der Waals surface area (Å²) in [5, 5.41) is 1.39. The van der Waals surface area contributed by atoms with Crippen LogP contribution in [0.25, 0.3) is 22.2 Å². The lowest BCUT2D eigenvalue weighted by atomic mass is 10.1. The van der Waals surface area contributed by atoms with Crippen molar-refractivity contribution < 1.29 is 0 Å². The fourth-order valence-corrected chi connectivity index (χ4v) is 2.88. The fourth-order valence-electron chi connectivity index (χ4n) is 2.88. The van der Waals surface area contributed by atoms with Gasteiger partial charge in [-0.3, -0.25) is 0 Å². The van der Waals surface area contributed by atoms with Gasteiger partial charge in [0.2, 0.25) is 0 Å². The van der Waals surface area contributed by atoms with E-state index >= 15 is 0 Å². The lowest BCUT2D eigenvalue weighted by Crippen LogP contribution is -1.81. The first-order chi connectivity index (χ1) is 8.33. The standard InChI is InChI=1S/C16H13N/c1-10-6-7-15-13(8-10)14-9-11-4-2-3-5-12(11)16(14)17-15/h2-8,17H,9H2,1H3. The molecular formula is C16H13N. The Morgan fingerprint density at radius 2 is 1.94 bits per heavy atom. The van der Waals surface area contributed by atoms with Crippen molar-refractivity contribution in [2.24, 2.45) is 0 Å². The first kappa shape index (κ1) is 9.06. The van der Waals surface area contributed by atoms with Crippen molar-refractivity contribution in [3.05, 3.63) is 59.2 Å². The second-order valence-electron chi connectivity index (χ2n) is 4.86. The average molecular weight is 219 g/mol. The summed E-state index contributed by atoms with van der Waals surface area (Å²) in [5.74, 6) is 0. The van der Waals surface area contributed by atoms with E-state index in [1.807, 2.05) is 0 Å².